The van der Waals surface area contributed by atoms with Gasteiger partial charge in [-0.05, 0) is 61.9 Å². The first kappa shape index (κ1) is 26.2. The van der Waals surface area contributed by atoms with Crippen LogP contribution in [0, 0.1) is 23.5 Å². The van der Waals surface area contributed by atoms with Gasteiger partial charge in [0.25, 0.3) is 0 Å². The van der Waals surface area contributed by atoms with E-state index in [1.54, 1.807) is 0 Å². The predicted octanol–water partition coefficient (Wildman–Crippen LogP) is 5.04. The van der Waals surface area contributed by atoms with Crippen LogP contribution in [0.1, 0.15) is 37.2 Å². The van der Waals surface area contributed by atoms with E-state index in [2.05, 4.69) is 0 Å². The molecule has 1 aliphatic carbocycles. The summed E-state index contributed by atoms with van der Waals surface area (Å²) in [6.45, 7) is 0.850. The van der Waals surface area contributed by atoms with Gasteiger partial charge in [-0.1, -0.05) is 23.2 Å². The minimum Gasteiger partial charge on any atom is -0.490 e. The average molecular weight is 581 g/mol. The van der Waals surface area contributed by atoms with E-state index >= 15 is 4.39 Å². The van der Waals surface area contributed by atoms with Crippen molar-refractivity contribution in [3.63, 3.8) is 0 Å². The Labute approximate surface area is 219 Å². The van der Waals surface area contributed by atoms with Crippen molar-refractivity contribution in [2.45, 2.75) is 41.7 Å². The molecule has 2 aliphatic heterocycles. The van der Waals surface area contributed by atoms with Crippen molar-refractivity contribution in [1.29, 1.82) is 0 Å². The molecule has 0 amide bonds. The van der Waals surface area contributed by atoms with E-state index in [1.807, 2.05) is 0 Å². The van der Waals surface area contributed by atoms with Crippen LogP contribution in [0.3, 0.4) is 0 Å². The summed E-state index contributed by atoms with van der Waals surface area (Å²) in [4.78, 5) is -0.0188. The number of sulfonamides is 1. The summed E-state index contributed by atoms with van der Waals surface area (Å²) in [5, 5.41) is -1.32. The van der Waals surface area contributed by atoms with Crippen LogP contribution in [0.25, 0.3) is 0 Å². The van der Waals surface area contributed by atoms with Gasteiger partial charge in [0.1, 0.15) is 5.82 Å². The van der Waals surface area contributed by atoms with Crippen LogP contribution in [0.5, 0.6) is 5.75 Å². The van der Waals surface area contributed by atoms with Gasteiger partial charge in [-0.25, -0.2) is 29.9 Å². The highest BCUT2D eigenvalue weighted by molar-refractivity contribution is 7.92. The molecule has 5 rings (SSSR count). The Morgan fingerprint density at radius 3 is 2.33 bits per heavy atom. The molecule has 36 heavy (non-hydrogen) atoms. The number of halogens is 4. The van der Waals surface area contributed by atoms with Crippen LogP contribution in [0.15, 0.2) is 35.2 Å². The molecule has 0 bridgehead atoms. The van der Waals surface area contributed by atoms with E-state index in [0.29, 0.717) is 24.5 Å². The Hall–Kier alpha value is -1.46. The molecule has 12 heteroatoms. The fraction of sp³-hybridized carbons (Fsp3) is 0.500. The quantitative estimate of drug-likeness (QED) is 0.463. The summed E-state index contributed by atoms with van der Waals surface area (Å²) in [6, 6.07) is 6.43. The lowest BCUT2D eigenvalue weighted by Gasteiger charge is -2.44. The van der Waals surface area contributed by atoms with Gasteiger partial charge >= 0.3 is 0 Å². The second-order valence-electron chi connectivity index (χ2n) is 9.75. The Morgan fingerprint density at radius 2 is 1.67 bits per heavy atom. The Bertz CT molecular complexity index is 1380. The number of nitrogens with zero attached hydrogens (tertiary/aromatic N) is 1. The number of hydrogen-bond donors (Lipinski definition) is 0. The second-order valence-corrected chi connectivity index (χ2v) is 14.8. The zero-order chi connectivity index (χ0) is 25.8. The molecule has 196 valence electrons. The molecule has 0 spiro atoms. The van der Waals surface area contributed by atoms with Crippen LogP contribution in [0.4, 0.5) is 8.78 Å². The van der Waals surface area contributed by atoms with Crippen molar-refractivity contribution in [1.82, 2.24) is 4.31 Å². The zero-order valence-corrected chi connectivity index (χ0v) is 22.3. The molecular weight excluding hydrogens is 555 g/mol. The van der Waals surface area contributed by atoms with Crippen molar-refractivity contribution in [3.05, 3.63) is 57.6 Å². The lowest BCUT2D eigenvalue weighted by atomic mass is 9.70. The first-order valence-corrected chi connectivity index (χ1v) is 15.7. The molecule has 0 aromatic heterocycles. The van der Waals surface area contributed by atoms with Gasteiger partial charge in [-0.3, -0.25) is 0 Å². The van der Waals surface area contributed by atoms with Gasteiger partial charge in [-0.15, -0.1) is 0 Å². The molecular formula is C24H25Cl2F2NO5S2. The molecule has 1 unspecified atom stereocenters. The third-order valence-corrected chi connectivity index (χ3v) is 12.3. The average Bonchev–Trinajstić information content (AvgIpc) is 3.38. The number of hydrogen-bond acceptors (Lipinski definition) is 5. The zero-order valence-electron chi connectivity index (χ0n) is 19.2. The highest BCUT2D eigenvalue weighted by atomic mass is 35.5. The number of sulfone groups is 1. The maximum absolute atomic E-state index is 15.3. The third kappa shape index (κ3) is 4.64. The van der Waals surface area contributed by atoms with Crippen LogP contribution < -0.4 is 4.74 Å². The molecule has 0 radical (unpaired) electrons. The van der Waals surface area contributed by atoms with E-state index in [1.165, 1.54) is 28.6 Å². The van der Waals surface area contributed by atoms with E-state index in [4.69, 9.17) is 27.9 Å². The highest BCUT2D eigenvalue weighted by Gasteiger charge is 2.51. The number of fused-ring (bicyclic) bond motifs is 3. The van der Waals surface area contributed by atoms with Gasteiger partial charge in [0.15, 0.2) is 21.4 Å². The summed E-state index contributed by atoms with van der Waals surface area (Å²) >= 11 is 11.9. The number of rotatable bonds is 5. The van der Waals surface area contributed by atoms with Crippen LogP contribution in [-0.2, 0) is 19.9 Å². The molecule has 6 nitrogen and oxygen atoms in total. The SMILES string of the molecule is O=S(=O)(c1ccc(Cl)cc1)[C@H]1C[C@@H](CS(=O)(=O)N2CCCC2)C[C@@H]2COc3c(F)cc(Cl)c(F)c3C21. The van der Waals surface area contributed by atoms with Gasteiger partial charge in [0.05, 0.1) is 27.5 Å². The van der Waals surface area contributed by atoms with Crippen LogP contribution in [-0.4, -0.2) is 51.8 Å². The lowest BCUT2D eigenvalue weighted by molar-refractivity contribution is 0.127. The first-order valence-electron chi connectivity index (χ1n) is 11.8. The molecule has 1 saturated heterocycles. The Kier molecular flexibility index (Phi) is 7.04. The summed E-state index contributed by atoms with van der Waals surface area (Å²) in [7, 11) is -7.69. The van der Waals surface area contributed by atoms with Crippen LogP contribution in [0.2, 0.25) is 10.0 Å². The highest BCUT2D eigenvalue weighted by Crippen LogP contribution is 2.52. The molecule has 2 fully saturated rings. The first-order chi connectivity index (χ1) is 17.0. The van der Waals surface area contributed by atoms with Crippen LogP contribution >= 0.6 is 23.2 Å². The topological polar surface area (TPSA) is 80.8 Å². The van der Waals surface area contributed by atoms with E-state index in [9.17, 15) is 21.2 Å². The monoisotopic (exact) mass is 579 g/mol. The number of benzene rings is 2. The maximum Gasteiger partial charge on any atom is 0.214 e. The fourth-order valence-electron chi connectivity index (χ4n) is 5.90. The molecule has 2 heterocycles. The summed E-state index contributed by atoms with van der Waals surface area (Å²) in [5.41, 5.74) is -0.195. The minimum atomic E-state index is -4.10. The van der Waals surface area contributed by atoms with Crippen molar-refractivity contribution in [2.75, 3.05) is 25.4 Å². The van der Waals surface area contributed by atoms with Gasteiger partial charge in [-0.2, -0.15) is 0 Å². The smallest absolute Gasteiger partial charge is 0.214 e. The maximum atomic E-state index is 15.3. The van der Waals surface area contributed by atoms with Crippen molar-refractivity contribution >= 4 is 43.1 Å². The summed E-state index contributed by atoms with van der Waals surface area (Å²) in [5.74, 6) is -4.31. The molecule has 2 aromatic rings. The second kappa shape index (κ2) is 9.69. The molecule has 3 aliphatic rings. The van der Waals surface area contributed by atoms with Crippen molar-refractivity contribution < 1.29 is 30.4 Å². The van der Waals surface area contributed by atoms with Gasteiger partial charge < -0.3 is 4.74 Å². The summed E-state index contributed by atoms with van der Waals surface area (Å²) < 4.78 is 91.0. The van der Waals surface area contributed by atoms with E-state index in [-0.39, 0.29) is 35.0 Å². The molecule has 0 N–H and O–H groups in total. The van der Waals surface area contributed by atoms with Crippen molar-refractivity contribution in [3.8, 4) is 5.75 Å². The fourth-order valence-corrected chi connectivity index (χ4v) is 10.3. The Morgan fingerprint density at radius 1 is 1.00 bits per heavy atom. The standard InChI is InChI=1S/C24H25Cl2F2NO5S2/c25-16-3-5-17(6-4-16)36(32,33)20-10-14(13-35(30,31)29-7-1-2-8-29)9-15-12-34-24-19(27)11-18(26)23(28)22(24)21(15)20/h3-6,11,14-15,20-21H,1-2,7-10,12-13H2/t14-,15+,20-,21?/m0/s1. The molecule has 4 atom stereocenters. The predicted molar refractivity (Wildman–Crippen MR) is 133 cm³/mol. The van der Waals surface area contributed by atoms with Gasteiger partial charge in [0.2, 0.25) is 10.0 Å². The van der Waals surface area contributed by atoms with Crippen molar-refractivity contribution in [2.24, 2.45) is 11.8 Å². The molecule has 1 saturated carbocycles. The lowest BCUT2D eigenvalue weighted by Crippen LogP contribution is -2.46. The summed E-state index contributed by atoms with van der Waals surface area (Å²) in [6.07, 6.45) is 1.86. The third-order valence-electron chi connectivity index (χ3n) is 7.49. The molecule has 2 aromatic carbocycles. The number of ether oxygens (including phenoxy) is 1. The largest absolute Gasteiger partial charge is 0.490 e. The Balaban J connectivity index is 1.58. The van der Waals surface area contributed by atoms with E-state index < -0.39 is 59.5 Å². The van der Waals surface area contributed by atoms with E-state index in [0.717, 1.165) is 18.9 Å². The normalized spacial score (nSPS) is 26.8. The van der Waals surface area contributed by atoms with Gasteiger partial charge in [0, 0.05) is 35.5 Å². The minimum absolute atomic E-state index is 0.0188.